The summed E-state index contributed by atoms with van der Waals surface area (Å²) in [5.74, 6) is 0.710. The molecule has 0 aliphatic heterocycles. The maximum atomic E-state index is 5.23. The van der Waals surface area contributed by atoms with Crippen molar-refractivity contribution in [3.05, 3.63) is 57.0 Å². The van der Waals surface area contributed by atoms with Crippen LogP contribution in [0.25, 0.3) is 11.4 Å². The van der Waals surface area contributed by atoms with Crippen LogP contribution in [0.3, 0.4) is 0 Å². The Morgan fingerprint density at radius 2 is 2.10 bits per heavy atom. The molecule has 0 amide bonds. The van der Waals surface area contributed by atoms with E-state index in [1.807, 2.05) is 41.1 Å². The summed E-state index contributed by atoms with van der Waals surface area (Å²) in [5.41, 5.74) is 3.23. The van der Waals surface area contributed by atoms with Gasteiger partial charge in [-0.25, -0.2) is 5.10 Å². The fourth-order valence-electron chi connectivity index (χ4n) is 1.76. The van der Waals surface area contributed by atoms with E-state index in [0.717, 1.165) is 11.1 Å². The van der Waals surface area contributed by atoms with Gasteiger partial charge in [0.15, 0.2) is 5.82 Å². The molecule has 2 heterocycles. The molecule has 0 aliphatic rings. The second kappa shape index (κ2) is 5.52. The van der Waals surface area contributed by atoms with Gasteiger partial charge in [-0.3, -0.25) is 0 Å². The molecule has 0 atom stereocenters. The van der Waals surface area contributed by atoms with Crippen LogP contribution in [-0.4, -0.2) is 21.1 Å². The smallest absolute Gasteiger partial charge is 0.216 e. The number of aromatic nitrogens is 3. The minimum Gasteiger partial charge on any atom is -0.250 e. The van der Waals surface area contributed by atoms with Crippen molar-refractivity contribution in [2.24, 2.45) is 5.10 Å². The number of hydrogen-bond acceptors (Lipinski definition) is 4. The maximum Gasteiger partial charge on any atom is 0.216 e. The molecule has 0 spiro atoms. The predicted molar refractivity (Wildman–Crippen MR) is 84.9 cm³/mol. The first-order valence-corrected chi connectivity index (χ1v) is 7.40. The Morgan fingerprint density at radius 1 is 1.30 bits per heavy atom. The van der Waals surface area contributed by atoms with Crippen LogP contribution in [0.2, 0.25) is 0 Å². The molecule has 0 unspecified atom stereocenters. The highest BCUT2D eigenvalue weighted by atomic mass is 32.1. The minimum absolute atomic E-state index is 0.479. The molecular weight excluding hydrogens is 288 g/mol. The highest BCUT2D eigenvalue weighted by Crippen LogP contribution is 2.17. The number of thiophene rings is 1. The monoisotopic (exact) mass is 300 g/mol. The number of nitrogens with one attached hydrogen (secondary N) is 1. The first kappa shape index (κ1) is 13.0. The molecule has 100 valence electrons. The molecule has 3 rings (SSSR count). The topological polar surface area (TPSA) is 46.0 Å². The van der Waals surface area contributed by atoms with Crippen LogP contribution in [0.15, 0.2) is 46.2 Å². The Morgan fingerprint density at radius 3 is 2.80 bits per heavy atom. The van der Waals surface area contributed by atoms with Crippen molar-refractivity contribution in [2.45, 2.75) is 6.92 Å². The number of rotatable bonds is 3. The summed E-state index contributed by atoms with van der Waals surface area (Å²) in [5, 5.41) is 15.5. The van der Waals surface area contributed by atoms with Gasteiger partial charge in [0, 0.05) is 11.1 Å². The minimum atomic E-state index is 0.479. The molecule has 4 nitrogen and oxygen atoms in total. The highest BCUT2D eigenvalue weighted by Gasteiger charge is 2.07. The summed E-state index contributed by atoms with van der Waals surface area (Å²) >= 11 is 6.86. The fraction of sp³-hybridized carbons (Fsp3) is 0.0714. The number of nitrogens with zero attached hydrogens (tertiary/aromatic N) is 3. The molecule has 2 aromatic heterocycles. The van der Waals surface area contributed by atoms with Crippen LogP contribution in [0.1, 0.15) is 11.1 Å². The summed E-state index contributed by atoms with van der Waals surface area (Å²) in [7, 11) is 0. The second-order valence-corrected chi connectivity index (χ2v) is 5.50. The molecule has 0 fully saturated rings. The number of benzene rings is 1. The van der Waals surface area contributed by atoms with Gasteiger partial charge in [0.25, 0.3) is 0 Å². The summed E-state index contributed by atoms with van der Waals surface area (Å²) in [6, 6.07) is 10.1. The van der Waals surface area contributed by atoms with Gasteiger partial charge in [-0.1, -0.05) is 29.8 Å². The molecule has 0 saturated carbocycles. The van der Waals surface area contributed by atoms with E-state index in [-0.39, 0.29) is 0 Å². The SMILES string of the molecule is Cc1ccc(-c2n[nH]c(=S)n2/N=C\c2ccsc2)cc1. The van der Waals surface area contributed by atoms with Gasteiger partial charge in [0.2, 0.25) is 4.77 Å². The van der Waals surface area contributed by atoms with Crippen molar-refractivity contribution in [3.63, 3.8) is 0 Å². The average Bonchev–Trinajstić information content (AvgIpc) is 3.07. The molecule has 1 N–H and O–H groups in total. The fourth-order valence-corrected chi connectivity index (χ4v) is 2.55. The van der Waals surface area contributed by atoms with E-state index in [1.165, 1.54) is 5.56 Å². The van der Waals surface area contributed by atoms with Crippen LogP contribution in [-0.2, 0) is 0 Å². The lowest BCUT2D eigenvalue weighted by molar-refractivity contribution is 0.871. The van der Waals surface area contributed by atoms with Gasteiger partial charge in [0.1, 0.15) is 0 Å². The van der Waals surface area contributed by atoms with Gasteiger partial charge < -0.3 is 0 Å². The number of hydrogen-bond donors (Lipinski definition) is 1. The van der Waals surface area contributed by atoms with E-state index in [1.54, 1.807) is 22.2 Å². The maximum absolute atomic E-state index is 5.23. The van der Waals surface area contributed by atoms with Gasteiger partial charge >= 0.3 is 0 Å². The molecule has 3 aromatic rings. The van der Waals surface area contributed by atoms with E-state index in [0.29, 0.717) is 10.6 Å². The van der Waals surface area contributed by atoms with E-state index in [4.69, 9.17) is 12.2 Å². The van der Waals surface area contributed by atoms with Crippen LogP contribution in [0, 0.1) is 11.7 Å². The Labute approximate surface area is 125 Å². The predicted octanol–water partition coefficient (Wildman–Crippen LogP) is 3.86. The lowest BCUT2D eigenvalue weighted by Gasteiger charge is -2.01. The zero-order chi connectivity index (χ0) is 13.9. The number of aromatic amines is 1. The third-order valence-electron chi connectivity index (χ3n) is 2.83. The lowest BCUT2D eigenvalue weighted by Crippen LogP contribution is -1.94. The molecule has 1 aromatic carbocycles. The first-order valence-electron chi connectivity index (χ1n) is 6.05. The Bertz CT molecular complexity index is 779. The zero-order valence-electron chi connectivity index (χ0n) is 10.8. The molecule has 0 radical (unpaired) electrons. The van der Waals surface area contributed by atoms with Gasteiger partial charge in [-0.15, -0.1) is 0 Å². The van der Waals surface area contributed by atoms with Gasteiger partial charge in [0.05, 0.1) is 6.21 Å². The standard InChI is InChI=1S/C14H12N4S2/c1-10-2-4-12(5-3-10)13-16-17-14(19)18(13)15-8-11-6-7-20-9-11/h2-9H,1H3,(H,17,19)/b15-8-. The quantitative estimate of drug-likeness (QED) is 0.590. The summed E-state index contributed by atoms with van der Waals surface area (Å²) in [6.07, 6.45) is 1.78. The van der Waals surface area contributed by atoms with Crippen LogP contribution in [0.4, 0.5) is 0 Å². The number of aryl methyl sites for hydroxylation is 1. The highest BCUT2D eigenvalue weighted by molar-refractivity contribution is 7.71. The van der Waals surface area contributed by atoms with Crippen molar-refractivity contribution >= 4 is 29.8 Å². The summed E-state index contributed by atoms with van der Waals surface area (Å²) in [6.45, 7) is 2.05. The van der Waals surface area contributed by atoms with Crippen molar-refractivity contribution < 1.29 is 0 Å². The van der Waals surface area contributed by atoms with Crippen LogP contribution >= 0.6 is 23.6 Å². The van der Waals surface area contributed by atoms with Gasteiger partial charge in [-0.05, 0) is 36.0 Å². The molecule has 0 aliphatic carbocycles. The van der Waals surface area contributed by atoms with Gasteiger partial charge in [-0.2, -0.15) is 26.2 Å². The number of H-pyrrole nitrogens is 1. The second-order valence-electron chi connectivity index (χ2n) is 4.33. The Hall–Kier alpha value is -2.05. The van der Waals surface area contributed by atoms with Crippen LogP contribution < -0.4 is 0 Å². The third-order valence-corrected chi connectivity index (χ3v) is 3.79. The van der Waals surface area contributed by atoms with E-state index < -0.39 is 0 Å². The molecule has 0 bridgehead atoms. The largest absolute Gasteiger partial charge is 0.250 e. The van der Waals surface area contributed by atoms with Crippen LogP contribution in [0.5, 0.6) is 0 Å². The van der Waals surface area contributed by atoms with Crippen molar-refractivity contribution in [1.82, 2.24) is 14.9 Å². The normalized spacial score (nSPS) is 11.2. The van der Waals surface area contributed by atoms with Crippen molar-refractivity contribution in [1.29, 1.82) is 0 Å². The average molecular weight is 300 g/mol. The van der Waals surface area contributed by atoms with E-state index in [2.05, 4.69) is 22.2 Å². The molecule has 20 heavy (non-hydrogen) atoms. The summed E-state index contributed by atoms with van der Waals surface area (Å²) < 4.78 is 2.12. The van der Waals surface area contributed by atoms with Crippen molar-refractivity contribution in [3.8, 4) is 11.4 Å². The lowest BCUT2D eigenvalue weighted by atomic mass is 10.1. The molecule has 6 heteroatoms. The molecule has 0 saturated heterocycles. The third kappa shape index (κ3) is 2.61. The van der Waals surface area contributed by atoms with E-state index in [9.17, 15) is 0 Å². The zero-order valence-corrected chi connectivity index (χ0v) is 12.4. The van der Waals surface area contributed by atoms with Crippen molar-refractivity contribution in [2.75, 3.05) is 0 Å². The summed E-state index contributed by atoms with van der Waals surface area (Å²) in [4.78, 5) is 0. The van der Waals surface area contributed by atoms with E-state index >= 15 is 0 Å². The molecular formula is C14H12N4S2. The first-order chi connectivity index (χ1) is 9.74. The Balaban J connectivity index is 2.01. The Kier molecular flexibility index (Phi) is 3.58.